The Hall–Kier alpha value is -3.51. The molecular weight excluding hydrogens is 609 g/mol. The number of nitrogens with one attached hydrogen (secondary N) is 2. The lowest BCUT2D eigenvalue weighted by Crippen LogP contribution is -2.56. The maximum atomic E-state index is 14.0. The number of hydrogen-bond acceptors (Lipinski definition) is 5. The molecule has 6 atom stereocenters. The molecule has 0 saturated heterocycles. The van der Waals surface area contributed by atoms with Gasteiger partial charge in [-0.05, 0) is 59.6 Å². The van der Waals surface area contributed by atoms with Gasteiger partial charge in [0.15, 0.2) is 0 Å². The van der Waals surface area contributed by atoms with Crippen molar-refractivity contribution in [2.24, 2.45) is 17.8 Å². The van der Waals surface area contributed by atoms with E-state index < -0.39 is 41.0 Å². The lowest BCUT2D eigenvalue weighted by molar-refractivity contribution is -0.132. The summed E-state index contributed by atoms with van der Waals surface area (Å²) >= 11 is 0. The largest absolute Gasteiger partial charge is 0.389 e. The zero-order valence-corrected chi connectivity index (χ0v) is 27.9. The third-order valence-electron chi connectivity index (χ3n) is 9.70. The van der Waals surface area contributed by atoms with E-state index in [1.807, 2.05) is 72.8 Å². The number of rotatable bonds is 16. The fraction of sp³-hybridized carbons (Fsp3) is 0.487. The van der Waals surface area contributed by atoms with Gasteiger partial charge in [-0.25, -0.2) is 0 Å². The van der Waals surface area contributed by atoms with Gasteiger partial charge < -0.3 is 20.8 Å². The first-order valence-corrected chi connectivity index (χ1v) is 18.4. The number of terminal acetylenes is 1. The van der Waals surface area contributed by atoms with Crippen LogP contribution in [0.2, 0.25) is 0 Å². The maximum absolute atomic E-state index is 14.0. The molecule has 0 aliphatic heterocycles. The molecule has 0 spiro atoms. The highest BCUT2D eigenvalue weighted by Crippen LogP contribution is 2.34. The number of fused-ring (bicyclic) bond motifs is 1. The zero-order valence-electron chi connectivity index (χ0n) is 27.1. The predicted octanol–water partition coefficient (Wildman–Crippen LogP) is 5.29. The topological polar surface area (TPSA) is 116 Å². The molecule has 250 valence electrons. The molecule has 4 N–H and O–H groups in total. The van der Waals surface area contributed by atoms with Crippen molar-refractivity contribution in [1.82, 2.24) is 10.6 Å². The van der Waals surface area contributed by atoms with Crippen LogP contribution in [0.15, 0.2) is 77.7 Å². The molecule has 2 aliphatic rings. The smallest absolute Gasteiger partial charge is 0.242 e. The van der Waals surface area contributed by atoms with Crippen LogP contribution in [0.5, 0.6) is 0 Å². The highest BCUT2D eigenvalue weighted by molar-refractivity contribution is 7.85. The minimum absolute atomic E-state index is 0.0179. The molecule has 8 heteroatoms. The first-order valence-electron chi connectivity index (χ1n) is 17.1. The second-order valence-electron chi connectivity index (χ2n) is 13.5. The third kappa shape index (κ3) is 10.2. The summed E-state index contributed by atoms with van der Waals surface area (Å²) in [7, 11) is -1.45. The Morgan fingerprint density at radius 2 is 1.51 bits per heavy atom. The van der Waals surface area contributed by atoms with E-state index in [4.69, 9.17) is 6.42 Å². The Morgan fingerprint density at radius 3 is 2.21 bits per heavy atom. The van der Waals surface area contributed by atoms with Gasteiger partial charge in [0.05, 0.1) is 28.9 Å². The third-order valence-corrected chi connectivity index (χ3v) is 11.2. The van der Waals surface area contributed by atoms with Gasteiger partial charge in [0.25, 0.3) is 0 Å². The number of aliphatic hydroxyl groups is 2. The van der Waals surface area contributed by atoms with E-state index in [-0.39, 0.29) is 24.0 Å². The van der Waals surface area contributed by atoms with Gasteiger partial charge in [-0.1, -0.05) is 106 Å². The molecule has 2 amide bonds. The minimum atomic E-state index is -1.45. The molecule has 0 bridgehead atoms. The fourth-order valence-corrected chi connectivity index (χ4v) is 8.09. The van der Waals surface area contributed by atoms with Gasteiger partial charge in [0, 0.05) is 17.1 Å². The average molecular weight is 657 g/mol. The van der Waals surface area contributed by atoms with Gasteiger partial charge in [-0.3, -0.25) is 13.8 Å². The second kappa shape index (κ2) is 17.1. The SMILES string of the molecule is C#CC[C@H](O)[C@H](O)[C@H](CC1CCCCC1)NC(=O)[C@H](CC1CC1)NC(=O)[C@H](Cc1ccccc1)CS(=O)c1ccc2ccccc2c1. The van der Waals surface area contributed by atoms with Crippen LogP contribution in [0.4, 0.5) is 0 Å². The van der Waals surface area contributed by atoms with Crippen LogP contribution in [0.3, 0.4) is 0 Å². The Morgan fingerprint density at radius 1 is 0.830 bits per heavy atom. The molecule has 7 nitrogen and oxygen atoms in total. The number of carbonyl (C=O) groups is 2. The van der Waals surface area contributed by atoms with Gasteiger partial charge in [0.2, 0.25) is 11.8 Å². The van der Waals surface area contributed by atoms with Gasteiger partial charge >= 0.3 is 0 Å². The number of hydrogen-bond donors (Lipinski definition) is 4. The Balaban J connectivity index is 1.33. The van der Waals surface area contributed by atoms with Crippen molar-refractivity contribution in [1.29, 1.82) is 0 Å². The van der Waals surface area contributed by atoms with Crippen LogP contribution in [-0.2, 0) is 26.8 Å². The van der Waals surface area contributed by atoms with Crippen LogP contribution in [0.1, 0.15) is 69.8 Å². The number of carbonyl (C=O) groups excluding carboxylic acids is 2. The quantitative estimate of drug-likeness (QED) is 0.157. The molecule has 0 radical (unpaired) electrons. The number of benzene rings is 3. The summed E-state index contributed by atoms with van der Waals surface area (Å²) in [6.45, 7) is 0. The van der Waals surface area contributed by atoms with Gasteiger partial charge in [-0.15, -0.1) is 12.3 Å². The maximum Gasteiger partial charge on any atom is 0.242 e. The summed E-state index contributed by atoms with van der Waals surface area (Å²) < 4.78 is 13.7. The summed E-state index contributed by atoms with van der Waals surface area (Å²) in [6.07, 6.45) is 11.9. The van der Waals surface area contributed by atoms with Crippen molar-refractivity contribution in [2.75, 3.05) is 5.75 Å². The van der Waals surface area contributed by atoms with E-state index in [9.17, 15) is 24.0 Å². The van der Waals surface area contributed by atoms with E-state index in [0.29, 0.717) is 36.0 Å². The van der Waals surface area contributed by atoms with Crippen LogP contribution in [0.25, 0.3) is 10.8 Å². The Labute approximate surface area is 281 Å². The van der Waals surface area contributed by atoms with Crippen molar-refractivity contribution in [3.05, 3.63) is 78.4 Å². The first-order chi connectivity index (χ1) is 22.8. The second-order valence-corrected chi connectivity index (χ2v) is 15.0. The van der Waals surface area contributed by atoms with E-state index in [1.54, 1.807) is 0 Å². The molecule has 0 aromatic heterocycles. The van der Waals surface area contributed by atoms with E-state index in [2.05, 4.69) is 16.6 Å². The molecular formula is C39H48N2O5S. The lowest BCUT2D eigenvalue weighted by Gasteiger charge is -2.33. The molecule has 3 aromatic rings. The summed E-state index contributed by atoms with van der Waals surface area (Å²) in [5.74, 6) is 1.85. The lowest BCUT2D eigenvalue weighted by atomic mass is 9.82. The Bertz CT molecular complexity index is 1550. The van der Waals surface area contributed by atoms with Crippen molar-refractivity contribution in [3.8, 4) is 12.3 Å². The first kappa shape index (κ1) is 34.8. The van der Waals surface area contributed by atoms with E-state index in [1.165, 1.54) is 6.42 Å². The normalized spacial score (nSPS) is 19.1. The van der Waals surface area contributed by atoms with Crippen molar-refractivity contribution in [3.63, 3.8) is 0 Å². The molecule has 1 unspecified atom stereocenters. The van der Waals surface area contributed by atoms with Crippen LogP contribution < -0.4 is 10.6 Å². The van der Waals surface area contributed by atoms with Crippen LogP contribution >= 0.6 is 0 Å². The summed E-state index contributed by atoms with van der Waals surface area (Å²) in [5, 5.41) is 29.8. The predicted molar refractivity (Wildman–Crippen MR) is 187 cm³/mol. The highest BCUT2D eigenvalue weighted by atomic mass is 32.2. The molecule has 5 rings (SSSR count). The highest BCUT2D eigenvalue weighted by Gasteiger charge is 2.36. The molecule has 2 saturated carbocycles. The summed E-state index contributed by atoms with van der Waals surface area (Å²) in [6, 6.07) is 21.8. The van der Waals surface area contributed by atoms with Gasteiger partial charge in [0.1, 0.15) is 12.1 Å². The standard InChI is InChI=1S/C39H48N2O5S/c1-2-11-36(42)37(43)34(23-28-14-7-4-8-15-28)40-39(45)35(24-29-18-19-29)41-38(44)32(22-27-12-5-3-6-13-27)26-47(46)33-21-20-30-16-9-10-17-31(30)25-33/h1,3,5-6,9-10,12-13,16-17,20-21,25,28-29,32,34-37,42-43H,4,7-8,11,14-15,18-19,22-24,26H2,(H,40,45)(H,41,44)/t32-,34+,35+,36+,37-,47?/m1/s1. The average Bonchev–Trinajstić information content (AvgIpc) is 3.92. The number of amides is 2. The van der Waals surface area contributed by atoms with Crippen molar-refractivity contribution >= 4 is 33.4 Å². The summed E-state index contributed by atoms with van der Waals surface area (Å²) in [4.78, 5) is 28.6. The number of aliphatic hydroxyl groups excluding tert-OH is 2. The molecule has 2 fully saturated rings. The Kier molecular flexibility index (Phi) is 12.6. The van der Waals surface area contributed by atoms with Crippen LogP contribution in [0, 0.1) is 30.1 Å². The van der Waals surface area contributed by atoms with Crippen molar-refractivity contribution in [2.45, 2.75) is 99.8 Å². The van der Waals surface area contributed by atoms with E-state index >= 15 is 0 Å². The zero-order chi connectivity index (χ0) is 33.2. The fourth-order valence-electron chi connectivity index (χ4n) is 6.78. The monoisotopic (exact) mass is 656 g/mol. The molecule has 3 aromatic carbocycles. The summed E-state index contributed by atoms with van der Waals surface area (Å²) in [5.41, 5.74) is 0.949. The molecule has 2 aliphatic carbocycles. The van der Waals surface area contributed by atoms with E-state index in [0.717, 1.165) is 54.9 Å². The molecule has 0 heterocycles. The van der Waals surface area contributed by atoms with Crippen LogP contribution in [-0.4, -0.2) is 56.3 Å². The molecule has 47 heavy (non-hydrogen) atoms. The minimum Gasteiger partial charge on any atom is -0.389 e. The van der Waals surface area contributed by atoms with Crippen molar-refractivity contribution < 1.29 is 24.0 Å². The van der Waals surface area contributed by atoms with Gasteiger partial charge in [-0.2, -0.15) is 0 Å².